The number of hydrogen-bond donors (Lipinski definition) is 0. The van der Waals surface area contributed by atoms with E-state index in [0.29, 0.717) is 17.7 Å². The van der Waals surface area contributed by atoms with Gasteiger partial charge in [-0.25, -0.2) is 0 Å². The fourth-order valence-corrected chi connectivity index (χ4v) is 2.07. The quantitative estimate of drug-likeness (QED) is 0.777. The minimum atomic E-state index is 0.0840. The van der Waals surface area contributed by atoms with Crippen molar-refractivity contribution in [2.75, 3.05) is 7.11 Å². The SMILES string of the molecule is COc1ccccc1C(=O)Cc1ccc(C)c(C)c1. The molecule has 0 amide bonds. The first kappa shape index (κ1) is 13.3. The summed E-state index contributed by atoms with van der Waals surface area (Å²) in [6.07, 6.45) is 0.404. The van der Waals surface area contributed by atoms with Crippen LogP contribution in [0.4, 0.5) is 0 Å². The van der Waals surface area contributed by atoms with E-state index in [2.05, 4.69) is 26.0 Å². The van der Waals surface area contributed by atoms with Crippen LogP contribution < -0.4 is 4.74 Å². The minimum absolute atomic E-state index is 0.0840. The van der Waals surface area contributed by atoms with Crippen LogP contribution in [-0.2, 0) is 6.42 Å². The van der Waals surface area contributed by atoms with Gasteiger partial charge < -0.3 is 4.74 Å². The van der Waals surface area contributed by atoms with Crippen LogP contribution in [0.2, 0.25) is 0 Å². The summed E-state index contributed by atoms with van der Waals surface area (Å²) in [6.45, 7) is 4.13. The second-order valence-electron chi connectivity index (χ2n) is 4.72. The third kappa shape index (κ3) is 3.02. The van der Waals surface area contributed by atoms with Gasteiger partial charge >= 0.3 is 0 Å². The summed E-state index contributed by atoms with van der Waals surface area (Å²) < 4.78 is 5.23. The number of ether oxygens (including phenoxy) is 1. The number of carbonyl (C=O) groups is 1. The van der Waals surface area contributed by atoms with Crippen molar-refractivity contribution in [3.8, 4) is 5.75 Å². The Labute approximate surface area is 114 Å². The van der Waals surface area contributed by atoms with Gasteiger partial charge in [0.25, 0.3) is 0 Å². The Morgan fingerprint density at radius 2 is 1.79 bits per heavy atom. The fraction of sp³-hybridized carbons (Fsp3) is 0.235. The third-order valence-corrected chi connectivity index (χ3v) is 3.34. The van der Waals surface area contributed by atoms with Crippen LogP contribution in [0, 0.1) is 13.8 Å². The van der Waals surface area contributed by atoms with Crippen molar-refractivity contribution in [2.45, 2.75) is 20.3 Å². The predicted molar refractivity (Wildman–Crippen MR) is 76.9 cm³/mol. The Bertz CT molecular complexity index is 600. The molecule has 0 spiro atoms. The van der Waals surface area contributed by atoms with E-state index in [1.54, 1.807) is 7.11 Å². The molecule has 0 N–H and O–H groups in total. The first-order valence-electron chi connectivity index (χ1n) is 6.34. The first-order chi connectivity index (χ1) is 9.11. The molecule has 19 heavy (non-hydrogen) atoms. The van der Waals surface area contributed by atoms with E-state index < -0.39 is 0 Å². The van der Waals surface area contributed by atoms with E-state index in [9.17, 15) is 4.79 Å². The smallest absolute Gasteiger partial charge is 0.170 e. The van der Waals surface area contributed by atoms with Crippen LogP contribution >= 0.6 is 0 Å². The summed E-state index contributed by atoms with van der Waals surface area (Å²) in [5.74, 6) is 0.719. The number of hydrogen-bond acceptors (Lipinski definition) is 2. The fourth-order valence-electron chi connectivity index (χ4n) is 2.07. The molecule has 0 unspecified atom stereocenters. The Balaban J connectivity index is 2.23. The van der Waals surface area contributed by atoms with Gasteiger partial charge in [0, 0.05) is 6.42 Å². The second kappa shape index (κ2) is 5.70. The minimum Gasteiger partial charge on any atom is -0.496 e. The Kier molecular flexibility index (Phi) is 4.00. The summed E-state index contributed by atoms with van der Waals surface area (Å²) in [7, 11) is 1.59. The summed E-state index contributed by atoms with van der Waals surface area (Å²) in [5, 5.41) is 0. The van der Waals surface area contributed by atoms with E-state index in [1.165, 1.54) is 11.1 Å². The maximum Gasteiger partial charge on any atom is 0.170 e. The average Bonchev–Trinajstić information content (AvgIpc) is 2.43. The molecule has 2 aromatic carbocycles. The van der Waals surface area contributed by atoms with Gasteiger partial charge in [-0.05, 0) is 42.7 Å². The molecule has 2 rings (SSSR count). The predicted octanol–water partition coefficient (Wildman–Crippen LogP) is 3.74. The monoisotopic (exact) mass is 254 g/mol. The van der Waals surface area contributed by atoms with E-state index in [-0.39, 0.29) is 5.78 Å². The molecule has 0 heterocycles. The maximum absolute atomic E-state index is 12.3. The highest BCUT2D eigenvalue weighted by Gasteiger charge is 2.12. The number of rotatable bonds is 4. The molecule has 0 bridgehead atoms. The lowest BCUT2D eigenvalue weighted by Crippen LogP contribution is -2.06. The van der Waals surface area contributed by atoms with Gasteiger partial charge in [-0.3, -0.25) is 4.79 Å². The van der Waals surface area contributed by atoms with Crippen molar-refractivity contribution in [2.24, 2.45) is 0 Å². The molecule has 0 saturated heterocycles. The van der Waals surface area contributed by atoms with Crippen molar-refractivity contribution in [3.05, 3.63) is 64.7 Å². The summed E-state index contributed by atoms with van der Waals surface area (Å²) in [4.78, 5) is 12.3. The van der Waals surface area contributed by atoms with Crippen LogP contribution in [-0.4, -0.2) is 12.9 Å². The molecular formula is C17H18O2. The number of benzene rings is 2. The lowest BCUT2D eigenvalue weighted by atomic mass is 9.99. The highest BCUT2D eigenvalue weighted by Crippen LogP contribution is 2.20. The largest absolute Gasteiger partial charge is 0.496 e. The highest BCUT2D eigenvalue weighted by molar-refractivity contribution is 5.99. The van der Waals surface area contributed by atoms with Crippen molar-refractivity contribution in [1.29, 1.82) is 0 Å². The van der Waals surface area contributed by atoms with E-state index in [4.69, 9.17) is 4.74 Å². The van der Waals surface area contributed by atoms with Gasteiger partial charge in [-0.15, -0.1) is 0 Å². The molecule has 0 aliphatic carbocycles. The number of carbonyl (C=O) groups excluding carboxylic acids is 1. The van der Waals surface area contributed by atoms with Crippen LogP contribution in [0.5, 0.6) is 5.75 Å². The van der Waals surface area contributed by atoms with Crippen molar-refractivity contribution >= 4 is 5.78 Å². The number of Topliss-reactive ketones (excluding diaryl/α,β-unsaturated/α-hetero) is 1. The van der Waals surface area contributed by atoms with Crippen LogP contribution in [0.15, 0.2) is 42.5 Å². The molecular weight excluding hydrogens is 236 g/mol. The number of para-hydroxylation sites is 1. The molecule has 0 aromatic heterocycles. The van der Waals surface area contributed by atoms with Gasteiger partial charge in [-0.1, -0.05) is 30.3 Å². The molecule has 0 fully saturated rings. The number of methoxy groups -OCH3 is 1. The third-order valence-electron chi connectivity index (χ3n) is 3.34. The summed E-state index contributed by atoms with van der Waals surface area (Å²) in [5.41, 5.74) is 4.14. The normalized spacial score (nSPS) is 10.3. The molecule has 0 saturated carbocycles. The molecule has 2 nitrogen and oxygen atoms in total. The molecule has 0 aliphatic rings. The number of ketones is 1. The van der Waals surface area contributed by atoms with Crippen LogP contribution in [0.1, 0.15) is 27.0 Å². The van der Waals surface area contributed by atoms with Gasteiger partial charge in [0.15, 0.2) is 5.78 Å². The lowest BCUT2D eigenvalue weighted by molar-refractivity contribution is 0.0990. The molecule has 98 valence electrons. The molecule has 0 aliphatic heterocycles. The maximum atomic E-state index is 12.3. The van der Waals surface area contributed by atoms with Gasteiger partial charge in [0.1, 0.15) is 5.75 Å². The van der Waals surface area contributed by atoms with Crippen molar-refractivity contribution < 1.29 is 9.53 Å². The zero-order valence-corrected chi connectivity index (χ0v) is 11.6. The van der Waals surface area contributed by atoms with Crippen LogP contribution in [0.3, 0.4) is 0 Å². The van der Waals surface area contributed by atoms with Gasteiger partial charge in [-0.2, -0.15) is 0 Å². The molecule has 0 atom stereocenters. The second-order valence-corrected chi connectivity index (χ2v) is 4.72. The van der Waals surface area contributed by atoms with E-state index >= 15 is 0 Å². The zero-order chi connectivity index (χ0) is 13.8. The van der Waals surface area contributed by atoms with Crippen molar-refractivity contribution in [1.82, 2.24) is 0 Å². The average molecular weight is 254 g/mol. The Morgan fingerprint density at radius 1 is 1.05 bits per heavy atom. The Hall–Kier alpha value is -2.09. The highest BCUT2D eigenvalue weighted by atomic mass is 16.5. The van der Waals surface area contributed by atoms with Gasteiger partial charge in [0.05, 0.1) is 12.7 Å². The van der Waals surface area contributed by atoms with Crippen molar-refractivity contribution in [3.63, 3.8) is 0 Å². The first-order valence-corrected chi connectivity index (χ1v) is 6.34. The summed E-state index contributed by atoms with van der Waals surface area (Å²) in [6, 6.07) is 13.5. The standard InChI is InChI=1S/C17H18O2/c1-12-8-9-14(10-13(12)2)11-16(18)15-6-4-5-7-17(15)19-3/h4-10H,11H2,1-3H3. The van der Waals surface area contributed by atoms with E-state index in [1.807, 2.05) is 30.3 Å². The molecule has 2 heteroatoms. The lowest BCUT2D eigenvalue weighted by Gasteiger charge is -2.08. The summed E-state index contributed by atoms with van der Waals surface area (Å²) >= 11 is 0. The van der Waals surface area contributed by atoms with Crippen LogP contribution in [0.25, 0.3) is 0 Å². The number of aryl methyl sites for hydroxylation is 2. The topological polar surface area (TPSA) is 26.3 Å². The van der Waals surface area contributed by atoms with E-state index in [0.717, 1.165) is 5.56 Å². The molecule has 2 aromatic rings. The molecule has 0 radical (unpaired) electrons. The Morgan fingerprint density at radius 3 is 2.47 bits per heavy atom. The van der Waals surface area contributed by atoms with Gasteiger partial charge in [0.2, 0.25) is 0 Å². The zero-order valence-electron chi connectivity index (χ0n) is 11.6.